The Morgan fingerprint density at radius 3 is 2.84 bits per heavy atom. The standard InChI is InChI=1S/C12H16F2N2O3/c1-2-19-12(17)9-3-4-11(16-7-9)15-5-6-18-8-10(13)14/h3-4,7,10H,2,5-6,8H2,1H3,(H,15,16). The molecule has 0 unspecified atom stereocenters. The van der Waals surface area contributed by atoms with Crippen molar-refractivity contribution >= 4 is 11.8 Å². The van der Waals surface area contributed by atoms with E-state index in [0.717, 1.165) is 0 Å². The van der Waals surface area contributed by atoms with E-state index in [1.165, 1.54) is 6.20 Å². The Hall–Kier alpha value is -1.76. The topological polar surface area (TPSA) is 60.5 Å². The van der Waals surface area contributed by atoms with Crippen LogP contribution in [0.2, 0.25) is 0 Å². The van der Waals surface area contributed by atoms with Crippen LogP contribution in [0, 0.1) is 0 Å². The summed E-state index contributed by atoms with van der Waals surface area (Å²) in [5, 5.41) is 2.88. The Kier molecular flexibility index (Phi) is 6.73. The Bertz CT molecular complexity index is 385. The van der Waals surface area contributed by atoms with Crippen molar-refractivity contribution in [1.29, 1.82) is 0 Å². The molecule has 5 nitrogen and oxygen atoms in total. The first-order chi connectivity index (χ1) is 9.13. The second-order valence-electron chi connectivity index (χ2n) is 3.55. The third-order valence-corrected chi connectivity index (χ3v) is 2.07. The van der Waals surface area contributed by atoms with Gasteiger partial charge in [0.15, 0.2) is 0 Å². The molecular weight excluding hydrogens is 258 g/mol. The van der Waals surface area contributed by atoms with E-state index in [2.05, 4.69) is 10.3 Å². The van der Waals surface area contributed by atoms with Crippen molar-refractivity contribution in [2.75, 3.05) is 31.7 Å². The summed E-state index contributed by atoms with van der Waals surface area (Å²) in [7, 11) is 0. The van der Waals surface area contributed by atoms with E-state index in [0.29, 0.717) is 24.5 Å². The lowest BCUT2D eigenvalue weighted by molar-refractivity contribution is 0.0215. The lowest BCUT2D eigenvalue weighted by Gasteiger charge is -2.07. The third-order valence-electron chi connectivity index (χ3n) is 2.07. The number of rotatable bonds is 8. The number of nitrogens with zero attached hydrogens (tertiary/aromatic N) is 1. The van der Waals surface area contributed by atoms with Crippen LogP contribution in [-0.4, -0.2) is 43.7 Å². The molecule has 0 atom stereocenters. The minimum atomic E-state index is -2.46. The van der Waals surface area contributed by atoms with E-state index in [9.17, 15) is 13.6 Å². The third kappa shape index (κ3) is 6.10. The highest BCUT2D eigenvalue weighted by Gasteiger charge is 2.06. The SMILES string of the molecule is CCOC(=O)c1ccc(NCCOCC(F)F)nc1. The smallest absolute Gasteiger partial charge is 0.339 e. The summed E-state index contributed by atoms with van der Waals surface area (Å²) in [6.07, 6.45) is -1.07. The molecular formula is C12H16F2N2O3. The van der Waals surface area contributed by atoms with Gasteiger partial charge in [0.2, 0.25) is 0 Å². The molecule has 0 saturated heterocycles. The van der Waals surface area contributed by atoms with Crippen molar-refractivity contribution in [3.63, 3.8) is 0 Å². The summed E-state index contributed by atoms with van der Waals surface area (Å²) in [5.74, 6) is 0.107. The zero-order valence-electron chi connectivity index (χ0n) is 10.6. The number of hydrogen-bond acceptors (Lipinski definition) is 5. The summed E-state index contributed by atoms with van der Waals surface area (Å²) in [5.41, 5.74) is 0.362. The lowest BCUT2D eigenvalue weighted by Crippen LogP contribution is -2.14. The van der Waals surface area contributed by atoms with Crippen molar-refractivity contribution in [2.45, 2.75) is 13.3 Å². The number of ether oxygens (including phenoxy) is 2. The Morgan fingerprint density at radius 1 is 1.47 bits per heavy atom. The molecule has 0 bridgehead atoms. The molecule has 7 heteroatoms. The van der Waals surface area contributed by atoms with Gasteiger partial charge in [0, 0.05) is 12.7 Å². The van der Waals surface area contributed by atoms with Gasteiger partial charge in [0.05, 0.1) is 18.8 Å². The maximum Gasteiger partial charge on any atom is 0.339 e. The lowest BCUT2D eigenvalue weighted by atomic mass is 10.3. The number of nitrogens with one attached hydrogen (secondary N) is 1. The normalized spacial score (nSPS) is 10.5. The minimum absolute atomic E-state index is 0.158. The van der Waals surface area contributed by atoms with Gasteiger partial charge in [0.1, 0.15) is 12.4 Å². The van der Waals surface area contributed by atoms with Crippen LogP contribution in [-0.2, 0) is 9.47 Å². The number of carbonyl (C=O) groups excluding carboxylic acids is 1. The Labute approximate surface area is 109 Å². The van der Waals surface area contributed by atoms with Crippen LogP contribution in [0.25, 0.3) is 0 Å². The van der Waals surface area contributed by atoms with Crippen LogP contribution < -0.4 is 5.32 Å². The van der Waals surface area contributed by atoms with Crippen LogP contribution in [0.1, 0.15) is 17.3 Å². The van der Waals surface area contributed by atoms with E-state index in [1.54, 1.807) is 19.1 Å². The van der Waals surface area contributed by atoms with Gasteiger partial charge in [0.25, 0.3) is 6.43 Å². The van der Waals surface area contributed by atoms with Gasteiger partial charge in [-0.15, -0.1) is 0 Å². The molecule has 0 saturated carbocycles. The molecule has 0 fully saturated rings. The van der Waals surface area contributed by atoms with Crippen molar-refractivity contribution < 1.29 is 23.0 Å². The summed E-state index contributed by atoms with van der Waals surface area (Å²) in [4.78, 5) is 15.3. The fourth-order valence-electron chi connectivity index (χ4n) is 1.26. The van der Waals surface area contributed by atoms with E-state index < -0.39 is 19.0 Å². The molecule has 1 aromatic heterocycles. The predicted octanol–water partition coefficient (Wildman–Crippen LogP) is 1.95. The molecule has 1 N–H and O–H groups in total. The van der Waals surface area contributed by atoms with Gasteiger partial charge < -0.3 is 14.8 Å². The van der Waals surface area contributed by atoms with Crippen molar-refractivity contribution in [1.82, 2.24) is 4.98 Å². The summed E-state index contributed by atoms with van der Waals surface area (Å²) in [6, 6.07) is 3.19. The van der Waals surface area contributed by atoms with Crippen molar-refractivity contribution in [3.8, 4) is 0 Å². The first-order valence-corrected chi connectivity index (χ1v) is 5.86. The number of anilines is 1. The molecule has 0 radical (unpaired) electrons. The second kappa shape index (κ2) is 8.36. The molecule has 0 spiro atoms. The van der Waals surface area contributed by atoms with Gasteiger partial charge >= 0.3 is 5.97 Å². The molecule has 0 amide bonds. The molecule has 0 aromatic carbocycles. The highest BCUT2D eigenvalue weighted by Crippen LogP contribution is 2.06. The molecule has 106 valence electrons. The molecule has 0 aliphatic heterocycles. The van der Waals surface area contributed by atoms with Crippen LogP contribution in [0.3, 0.4) is 0 Å². The molecule has 1 aromatic rings. The van der Waals surface area contributed by atoms with Crippen molar-refractivity contribution in [3.05, 3.63) is 23.9 Å². The first kappa shape index (κ1) is 15.3. The molecule has 1 rings (SSSR count). The fraction of sp³-hybridized carbons (Fsp3) is 0.500. The molecule has 0 aliphatic carbocycles. The number of carbonyl (C=O) groups is 1. The fourth-order valence-corrected chi connectivity index (χ4v) is 1.26. The number of halogens is 2. The number of alkyl halides is 2. The average molecular weight is 274 g/mol. The number of aromatic nitrogens is 1. The summed E-state index contributed by atoms with van der Waals surface area (Å²) >= 11 is 0. The predicted molar refractivity (Wildman–Crippen MR) is 65.5 cm³/mol. The zero-order valence-corrected chi connectivity index (χ0v) is 10.6. The summed E-state index contributed by atoms with van der Waals surface area (Å²) in [6.45, 7) is 1.97. The highest BCUT2D eigenvalue weighted by molar-refractivity contribution is 5.89. The summed E-state index contributed by atoms with van der Waals surface area (Å²) < 4.78 is 33.0. The molecule has 19 heavy (non-hydrogen) atoms. The van der Waals surface area contributed by atoms with Gasteiger partial charge in [-0.2, -0.15) is 0 Å². The van der Waals surface area contributed by atoms with Crippen LogP contribution in [0.15, 0.2) is 18.3 Å². The quantitative estimate of drug-likeness (QED) is 0.580. The van der Waals surface area contributed by atoms with E-state index in [4.69, 9.17) is 9.47 Å². The second-order valence-corrected chi connectivity index (χ2v) is 3.55. The number of pyridine rings is 1. The monoisotopic (exact) mass is 274 g/mol. The van der Waals surface area contributed by atoms with Crippen LogP contribution >= 0.6 is 0 Å². The van der Waals surface area contributed by atoms with Crippen molar-refractivity contribution in [2.24, 2.45) is 0 Å². The maximum atomic E-state index is 11.8. The average Bonchev–Trinajstić information content (AvgIpc) is 2.39. The number of esters is 1. The van der Waals surface area contributed by atoms with Crippen LogP contribution in [0.4, 0.5) is 14.6 Å². The van der Waals surface area contributed by atoms with E-state index >= 15 is 0 Å². The Balaban J connectivity index is 2.30. The molecule has 0 aliphatic rings. The molecule has 1 heterocycles. The van der Waals surface area contributed by atoms with Gasteiger partial charge in [-0.25, -0.2) is 18.6 Å². The van der Waals surface area contributed by atoms with Crippen LogP contribution in [0.5, 0.6) is 0 Å². The minimum Gasteiger partial charge on any atom is -0.462 e. The first-order valence-electron chi connectivity index (χ1n) is 5.86. The van der Waals surface area contributed by atoms with Gasteiger partial charge in [-0.05, 0) is 19.1 Å². The van der Waals surface area contributed by atoms with Gasteiger partial charge in [-0.1, -0.05) is 0 Å². The Morgan fingerprint density at radius 2 is 2.26 bits per heavy atom. The maximum absolute atomic E-state index is 11.8. The van der Waals surface area contributed by atoms with E-state index in [1.807, 2.05) is 0 Å². The van der Waals surface area contributed by atoms with E-state index in [-0.39, 0.29) is 6.61 Å². The largest absolute Gasteiger partial charge is 0.462 e. The number of hydrogen-bond donors (Lipinski definition) is 1. The highest BCUT2D eigenvalue weighted by atomic mass is 19.3. The van der Waals surface area contributed by atoms with Gasteiger partial charge in [-0.3, -0.25) is 0 Å². The zero-order chi connectivity index (χ0) is 14.1.